The summed E-state index contributed by atoms with van der Waals surface area (Å²) in [6, 6.07) is 11.6. The number of imidazole rings is 1. The Bertz CT molecular complexity index is 1040. The number of aromatic nitrogens is 2. The Morgan fingerprint density at radius 3 is 2.83 bits per heavy atom. The molecule has 1 aliphatic rings. The zero-order chi connectivity index (χ0) is 20.6. The Balaban J connectivity index is 1.52. The summed E-state index contributed by atoms with van der Waals surface area (Å²) in [5, 5.41) is 0. The molecule has 152 valence electrons. The van der Waals surface area contributed by atoms with Crippen molar-refractivity contribution in [3.63, 3.8) is 0 Å². The summed E-state index contributed by atoms with van der Waals surface area (Å²) < 4.78 is 8.02. The van der Waals surface area contributed by atoms with Crippen molar-refractivity contribution >= 4 is 11.6 Å². The highest BCUT2D eigenvalue weighted by Crippen LogP contribution is 2.30. The van der Waals surface area contributed by atoms with Crippen molar-refractivity contribution < 1.29 is 9.53 Å². The molecular formula is C23H28N4O2. The van der Waals surface area contributed by atoms with Crippen molar-refractivity contribution in [2.45, 2.75) is 39.8 Å². The fraction of sp³-hybridized carbons (Fsp3) is 0.391. The van der Waals surface area contributed by atoms with Crippen LogP contribution >= 0.6 is 0 Å². The van der Waals surface area contributed by atoms with Crippen LogP contribution in [-0.4, -0.2) is 39.3 Å². The lowest BCUT2D eigenvalue weighted by molar-refractivity contribution is 0.0528. The normalized spacial score (nSPS) is 18.8. The van der Waals surface area contributed by atoms with Gasteiger partial charge in [0, 0.05) is 31.5 Å². The van der Waals surface area contributed by atoms with Gasteiger partial charge in [-0.15, -0.1) is 0 Å². The molecule has 6 heteroatoms. The lowest BCUT2D eigenvalue weighted by Crippen LogP contribution is -2.54. The van der Waals surface area contributed by atoms with E-state index in [-0.39, 0.29) is 17.4 Å². The third kappa shape index (κ3) is 3.85. The molecule has 1 fully saturated rings. The van der Waals surface area contributed by atoms with Crippen LogP contribution < -0.4 is 10.5 Å². The number of hydrogen-bond acceptors (Lipinski definition) is 4. The molecule has 1 aliphatic heterocycles. The first-order chi connectivity index (χ1) is 13.8. The Morgan fingerprint density at radius 2 is 2.07 bits per heavy atom. The average molecular weight is 393 g/mol. The van der Waals surface area contributed by atoms with Crippen LogP contribution in [0.3, 0.4) is 0 Å². The molecular weight excluding hydrogens is 364 g/mol. The number of likely N-dealkylation sites (tertiary alicyclic amines) is 1. The number of nitrogens with two attached hydrogens (primary N) is 1. The molecule has 29 heavy (non-hydrogen) atoms. The van der Waals surface area contributed by atoms with Crippen molar-refractivity contribution in [1.82, 2.24) is 14.3 Å². The summed E-state index contributed by atoms with van der Waals surface area (Å²) in [7, 11) is 0. The minimum absolute atomic E-state index is 0.00794. The van der Waals surface area contributed by atoms with E-state index in [4.69, 9.17) is 10.5 Å². The van der Waals surface area contributed by atoms with Gasteiger partial charge in [-0.05, 0) is 42.5 Å². The highest BCUT2D eigenvalue weighted by molar-refractivity contribution is 5.97. The number of nitrogens with zero attached hydrogens (tertiary/aromatic N) is 3. The lowest BCUT2D eigenvalue weighted by atomic mass is 9.79. The summed E-state index contributed by atoms with van der Waals surface area (Å²) in [5.41, 5.74) is 9.57. The van der Waals surface area contributed by atoms with Gasteiger partial charge in [-0.1, -0.05) is 32.0 Å². The largest absolute Gasteiger partial charge is 0.486 e. The third-order valence-corrected chi connectivity index (χ3v) is 5.82. The molecule has 0 spiro atoms. The maximum Gasteiger partial charge on any atom is 0.257 e. The zero-order valence-corrected chi connectivity index (χ0v) is 17.3. The van der Waals surface area contributed by atoms with Gasteiger partial charge < -0.3 is 19.8 Å². The Labute approximate surface area is 171 Å². The number of para-hydroxylation sites is 1. The number of amides is 1. The molecule has 1 saturated heterocycles. The van der Waals surface area contributed by atoms with E-state index in [2.05, 4.69) is 18.8 Å². The summed E-state index contributed by atoms with van der Waals surface area (Å²) in [6.07, 6.45) is 4.74. The molecule has 0 radical (unpaired) electrons. The number of piperidine rings is 1. The highest BCUT2D eigenvalue weighted by atomic mass is 16.5. The standard InChI is InChI=1S/C23H28N4O2/c1-16-7-6-11-26-13-17(25-21(16)26)14-29-19-9-5-4-8-18(19)22(28)27-12-10-20(24)23(2,3)15-27/h4-9,11,13,20H,10,12,14-15,24H2,1-3H3. The van der Waals surface area contributed by atoms with E-state index in [1.54, 1.807) is 0 Å². The molecule has 0 saturated carbocycles. The number of aryl methyl sites for hydroxylation is 1. The predicted molar refractivity (Wildman–Crippen MR) is 113 cm³/mol. The maximum atomic E-state index is 13.2. The van der Waals surface area contributed by atoms with E-state index in [1.165, 1.54) is 0 Å². The number of benzene rings is 1. The van der Waals surface area contributed by atoms with Gasteiger partial charge in [-0.25, -0.2) is 4.98 Å². The molecule has 3 heterocycles. The monoisotopic (exact) mass is 392 g/mol. The maximum absolute atomic E-state index is 13.2. The number of ether oxygens (including phenoxy) is 1. The molecule has 2 aromatic heterocycles. The first kappa shape index (κ1) is 19.5. The van der Waals surface area contributed by atoms with Crippen molar-refractivity contribution in [3.8, 4) is 5.75 Å². The average Bonchev–Trinajstić information content (AvgIpc) is 3.13. The lowest BCUT2D eigenvalue weighted by Gasteiger charge is -2.42. The second-order valence-electron chi connectivity index (χ2n) is 8.55. The molecule has 2 N–H and O–H groups in total. The molecule has 4 rings (SSSR count). The van der Waals surface area contributed by atoms with E-state index in [0.29, 0.717) is 31.0 Å². The molecule has 0 aliphatic carbocycles. The van der Waals surface area contributed by atoms with E-state index < -0.39 is 0 Å². The first-order valence-electron chi connectivity index (χ1n) is 10.0. The molecule has 0 bridgehead atoms. The van der Waals surface area contributed by atoms with Crippen LogP contribution in [0.5, 0.6) is 5.75 Å². The van der Waals surface area contributed by atoms with Gasteiger partial charge in [0.25, 0.3) is 5.91 Å². The molecule has 6 nitrogen and oxygen atoms in total. The molecule has 1 amide bonds. The van der Waals surface area contributed by atoms with Crippen LogP contribution in [0.2, 0.25) is 0 Å². The number of rotatable bonds is 4. The Hall–Kier alpha value is -2.86. The number of carbonyl (C=O) groups is 1. The van der Waals surface area contributed by atoms with E-state index in [1.807, 2.05) is 65.0 Å². The first-order valence-corrected chi connectivity index (χ1v) is 10.0. The number of fused-ring (bicyclic) bond motifs is 1. The van der Waals surface area contributed by atoms with E-state index >= 15 is 0 Å². The van der Waals surface area contributed by atoms with Gasteiger partial charge in [0.2, 0.25) is 0 Å². The van der Waals surface area contributed by atoms with E-state index in [9.17, 15) is 4.79 Å². The van der Waals surface area contributed by atoms with E-state index in [0.717, 1.165) is 23.3 Å². The summed E-state index contributed by atoms with van der Waals surface area (Å²) >= 11 is 0. The van der Waals surface area contributed by atoms with Crippen LogP contribution in [0.15, 0.2) is 48.8 Å². The van der Waals surface area contributed by atoms with Crippen LogP contribution in [0.1, 0.15) is 41.9 Å². The minimum atomic E-state index is -0.0991. The summed E-state index contributed by atoms with van der Waals surface area (Å²) in [6.45, 7) is 7.89. The summed E-state index contributed by atoms with van der Waals surface area (Å²) in [4.78, 5) is 19.7. The van der Waals surface area contributed by atoms with Crippen molar-refractivity contribution in [2.75, 3.05) is 13.1 Å². The van der Waals surface area contributed by atoms with Gasteiger partial charge in [0.15, 0.2) is 0 Å². The highest BCUT2D eigenvalue weighted by Gasteiger charge is 2.36. The molecule has 3 aromatic rings. The van der Waals surface area contributed by atoms with Gasteiger partial charge in [0.1, 0.15) is 18.0 Å². The quantitative estimate of drug-likeness (QED) is 0.738. The van der Waals surface area contributed by atoms with Crippen molar-refractivity contribution in [2.24, 2.45) is 11.1 Å². The second kappa shape index (κ2) is 7.52. The fourth-order valence-corrected chi connectivity index (χ4v) is 3.91. The number of carbonyl (C=O) groups excluding carboxylic acids is 1. The van der Waals surface area contributed by atoms with Crippen LogP contribution in [-0.2, 0) is 6.61 Å². The van der Waals surface area contributed by atoms with Crippen LogP contribution in [0, 0.1) is 12.3 Å². The smallest absolute Gasteiger partial charge is 0.257 e. The summed E-state index contributed by atoms with van der Waals surface area (Å²) in [5.74, 6) is 0.574. The predicted octanol–water partition coefficient (Wildman–Crippen LogP) is 3.42. The minimum Gasteiger partial charge on any atom is -0.486 e. The topological polar surface area (TPSA) is 72.9 Å². The SMILES string of the molecule is Cc1cccn2cc(COc3ccccc3C(=O)N3CCC(N)C(C)(C)C3)nc12. The Morgan fingerprint density at radius 1 is 1.28 bits per heavy atom. The number of hydrogen-bond donors (Lipinski definition) is 1. The van der Waals surface area contributed by atoms with Gasteiger partial charge in [-0.2, -0.15) is 0 Å². The third-order valence-electron chi connectivity index (χ3n) is 5.82. The zero-order valence-electron chi connectivity index (χ0n) is 17.3. The fourth-order valence-electron chi connectivity index (χ4n) is 3.91. The van der Waals surface area contributed by atoms with Crippen molar-refractivity contribution in [1.29, 1.82) is 0 Å². The molecule has 1 aromatic carbocycles. The van der Waals surface area contributed by atoms with Crippen LogP contribution in [0.25, 0.3) is 5.65 Å². The number of pyridine rings is 1. The molecule has 1 atom stereocenters. The van der Waals surface area contributed by atoms with Gasteiger partial charge in [-0.3, -0.25) is 4.79 Å². The van der Waals surface area contributed by atoms with Crippen molar-refractivity contribution in [3.05, 3.63) is 65.6 Å². The van der Waals surface area contributed by atoms with Gasteiger partial charge >= 0.3 is 0 Å². The van der Waals surface area contributed by atoms with Crippen LogP contribution in [0.4, 0.5) is 0 Å². The second-order valence-corrected chi connectivity index (χ2v) is 8.55. The Kier molecular flexibility index (Phi) is 5.04. The van der Waals surface area contributed by atoms with Gasteiger partial charge in [0.05, 0.1) is 11.3 Å². The molecule has 1 unspecified atom stereocenters.